The van der Waals surface area contributed by atoms with Crippen LogP contribution in [0.5, 0.6) is 11.5 Å². The van der Waals surface area contributed by atoms with Crippen LogP contribution in [0, 0.1) is 11.3 Å². The maximum Gasteiger partial charge on any atom is 0.257 e. The summed E-state index contributed by atoms with van der Waals surface area (Å²) in [6.07, 6.45) is 0. The number of carbonyl (C=O) groups is 1. The maximum absolute atomic E-state index is 12.3. The Morgan fingerprint density at radius 2 is 1.78 bits per heavy atom. The second kappa shape index (κ2) is 7.28. The van der Waals surface area contributed by atoms with Gasteiger partial charge in [-0.05, 0) is 48.5 Å². The molecular formula is C21H13N3O2S. The number of benzene rings is 3. The molecule has 1 heterocycles. The maximum atomic E-state index is 12.3. The predicted octanol–water partition coefficient (Wildman–Crippen LogP) is 5.21. The molecule has 0 radical (unpaired) electrons. The van der Waals surface area contributed by atoms with Gasteiger partial charge in [-0.1, -0.05) is 29.5 Å². The molecular weight excluding hydrogens is 358 g/mol. The number of amides is 1. The Morgan fingerprint density at radius 3 is 2.52 bits per heavy atom. The third-order valence-electron chi connectivity index (χ3n) is 3.84. The van der Waals surface area contributed by atoms with Crippen molar-refractivity contribution in [2.24, 2.45) is 0 Å². The second-order valence-electron chi connectivity index (χ2n) is 5.71. The van der Waals surface area contributed by atoms with Crippen molar-refractivity contribution < 1.29 is 9.53 Å². The Hall–Kier alpha value is -3.69. The minimum Gasteiger partial charge on any atom is -0.457 e. The molecule has 4 rings (SSSR count). The summed E-state index contributed by atoms with van der Waals surface area (Å²) in [6.45, 7) is 0. The summed E-state index contributed by atoms with van der Waals surface area (Å²) in [7, 11) is 0. The average molecular weight is 371 g/mol. The molecule has 27 heavy (non-hydrogen) atoms. The molecule has 0 atom stereocenters. The smallest absolute Gasteiger partial charge is 0.257 e. The highest BCUT2D eigenvalue weighted by atomic mass is 32.1. The molecule has 1 N–H and O–H groups in total. The molecule has 0 fully saturated rings. The number of para-hydroxylation sites is 1. The highest BCUT2D eigenvalue weighted by Gasteiger charge is 2.11. The van der Waals surface area contributed by atoms with Crippen LogP contribution in [0.4, 0.5) is 5.13 Å². The Labute approximate surface area is 159 Å². The first-order chi connectivity index (χ1) is 13.2. The first-order valence-electron chi connectivity index (χ1n) is 8.16. The molecule has 5 nitrogen and oxygen atoms in total. The number of nitriles is 1. The monoisotopic (exact) mass is 371 g/mol. The lowest BCUT2D eigenvalue weighted by atomic mass is 10.1. The highest BCUT2D eigenvalue weighted by molar-refractivity contribution is 7.22. The van der Waals surface area contributed by atoms with E-state index in [-0.39, 0.29) is 5.91 Å². The molecule has 3 aromatic carbocycles. The van der Waals surface area contributed by atoms with E-state index in [1.54, 1.807) is 24.3 Å². The first-order valence-corrected chi connectivity index (χ1v) is 8.98. The zero-order valence-corrected chi connectivity index (χ0v) is 14.9. The summed E-state index contributed by atoms with van der Waals surface area (Å²) in [5.74, 6) is 1.21. The molecule has 0 saturated carbocycles. The number of hydrogen-bond acceptors (Lipinski definition) is 5. The van der Waals surface area contributed by atoms with Crippen molar-refractivity contribution in [2.45, 2.75) is 0 Å². The van der Waals surface area contributed by atoms with Gasteiger partial charge in [0.25, 0.3) is 5.91 Å². The third-order valence-corrected chi connectivity index (χ3v) is 4.77. The van der Waals surface area contributed by atoms with Gasteiger partial charge in [0, 0.05) is 11.6 Å². The summed E-state index contributed by atoms with van der Waals surface area (Å²) >= 11 is 1.38. The van der Waals surface area contributed by atoms with E-state index in [0.29, 0.717) is 22.0 Å². The van der Waals surface area contributed by atoms with Gasteiger partial charge in [-0.25, -0.2) is 4.98 Å². The van der Waals surface area contributed by atoms with Crippen LogP contribution in [0.25, 0.3) is 10.2 Å². The van der Waals surface area contributed by atoms with Crippen LogP contribution in [-0.4, -0.2) is 10.9 Å². The van der Waals surface area contributed by atoms with Crippen LogP contribution >= 0.6 is 11.3 Å². The van der Waals surface area contributed by atoms with Crippen LogP contribution < -0.4 is 10.1 Å². The lowest BCUT2D eigenvalue weighted by Crippen LogP contribution is -2.11. The summed E-state index contributed by atoms with van der Waals surface area (Å²) in [4.78, 5) is 16.8. The molecule has 0 aliphatic rings. The number of hydrogen-bond donors (Lipinski definition) is 1. The number of thiazole rings is 1. The predicted molar refractivity (Wildman–Crippen MR) is 105 cm³/mol. The van der Waals surface area contributed by atoms with Gasteiger partial charge >= 0.3 is 0 Å². The topological polar surface area (TPSA) is 75.0 Å². The molecule has 0 spiro atoms. The van der Waals surface area contributed by atoms with E-state index in [4.69, 9.17) is 10.00 Å². The number of ether oxygens (including phenoxy) is 1. The number of nitrogens with zero attached hydrogens (tertiary/aromatic N) is 2. The molecule has 0 aliphatic carbocycles. The van der Waals surface area contributed by atoms with E-state index in [0.717, 1.165) is 16.0 Å². The Morgan fingerprint density at radius 1 is 1.00 bits per heavy atom. The average Bonchev–Trinajstić information content (AvgIpc) is 3.10. The first kappa shape index (κ1) is 16.8. The largest absolute Gasteiger partial charge is 0.457 e. The fourth-order valence-electron chi connectivity index (χ4n) is 2.51. The SMILES string of the molecule is N#Cc1ccc(C(=O)Nc2nc3ccc(Oc4ccccc4)cc3s2)cc1. The van der Waals surface area contributed by atoms with Crippen molar-refractivity contribution >= 4 is 32.6 Å². The lowest BCUT2D eigenvalue weighted by molar-refractivity contribution is 0.102. The Kier molecular flexibility index (Phi) is 4.52. The molecule has 0 unspecified atom stereocenters. The van der Waals surface area contributed by atoms with Crippen LogP contribution in [0.1, 0.15) is 15.9 Å². The number of aromatic nitrogens is 1. The van der Waals surface area contributed by atoms with Crippen LogP contribution in [-0.2, 0) is 0 Å². The summed E-state index contributed by atoms with van der Waals surface area (Å²) in [6, 6.07) is 23.6. The number of rotatable bonds is 4. The van der Waals surface area contributed by atoms with E-state index in [9.17, 15) is 4.79 Å². The molecule has 0 saturated heterocycles. The van der Waals surface area contributed by atoms with Gasteiger partial charge < -0.3 is 4.74 Å². The van der Waals surface area contributed by atoms with Gasteiger partial charge in [-0.15, -0.1) is 0 Å². The van der Waals surface area contributed by atoms with E-state index in [2.05, 4.69) is 10.3 Å². The fourth-order valence-corrected chi connectivity index (χ4v) is 3.40. The van der Waals surface area contributed by atoms with E-state index in [1.807, 2.05) is 54.6 Å². The second-order valence-corrected chi connectivity index (χ2v) is 6.74. The minimum absolute atomic E-state index is 0.265. The highest BCUT2D eigenvalue weighted by Crippen LogP contribution is 2.31. The van der Waals surface area contributed by atoms with Gasteiger partial charge in [0.05, 0.1) is 21.8 Å². The number of fused-ring (bicyclic) bond motifs is 1. The quantitative estimate of drug-likeness (QED) is 0.534. The summed E-state index contributed by atoms with van der Waals surface area (Å²) < 4.78 is 6.75. The van der Waals surface area contributed by atoms with Crippen molar-refractivity contribution in [2.75, 3.05) is 5.32 Å². The fraction of sp³-hybridized carbons (Fsp3) is 0. The van der Waals surface area contributed by atoms with Gasteiger partial charge in [-0.3, -0.25) is 10.1 Å². The normalized spacial score (nSPS) is 10.3. The third kappa shape index (κ3) is 3.78. The van der Waals surface area contributed by atoms with Crippen molar-refractivity contribution in [1.82, 2.24) is 4.98 Å². The van der Waals surface area contributed by atoms with Crippen molar-refractivity contribution in [3.05, 3.63) is 83.9 Å². The van der Waals surface area contributed by atoms with Crippen LogP contribution in [0.2, 0.25) is 0 Å². The van der Waals surface area contributed by atoms with Gasteiger partial charge in [0.1, 0.15) is 11.5 Å². The number of anilines is 1. The standard InChI is InChI=1S/C21H13N3O2S/c22-13-14-6-8-15(9-7-14)20(25)24-21-23-18-11-10-17(12-19(18)27-21)26-16-4-2-1-3-5-16/h1-12H,(H,23,24,25). The van der Waals surface area contributed by atoms with E-state index < -0.39 is 0 Å². The zero-order chi connectivity index (χ0) is 18.6. The van der Waals surface area contributed by atoms with Crippen LogP contribution in [0.3, 0.4) is 0 Å². The van der Waals surface area contributed by atoms with Crippen molar-refractivity contribution in [3.63, 3.8) is 0 Å². The van der Waals surface area contributed by atoms with Crippen molar-refractivity contribution in [3.8, 4) is 17.6 Å². The molecule has 6 heteroatoms. The molecule has 0 aliphatic heterocycles. The lowest BCUT2D eigenvalue weighted by Gasteiger charge is -2.04. The number of nitrogens with one attached hydrogen (secondary N) is 1. The Bertz CT molecular complexity index is 1150. The van der Waals surface area contributed by atoms with E-state index >= 15 is 0 Å². The Balaban J connectivity index is 1.52. The van der Waals surface area contributed by atoms with Gasteiger partial charge in [0.15, 0.2) is 5.13 Å². The summed E-state index contributed by atoms with van der Waals surface area (Å²) in [5.41, 5.74) is 1.77. The molecule has 1 aromatic heterocycles. The molecule has 130 valence electrons. The zero-order valence-electron chi connectivity index (χ0n) is 14.0. The van der Waals surface area contributed by atoms with Gasteiger partial charge in [0.2, 0.25) is 0 Å². The van der Waals surface area contributed by atoms with Crippen molar-refractivity contribution in [1.29, 1.82) is 5.26 Å². The summed E-state index contributed by atoms with van der Waals surface area (Å²) in [5, 5.41) is 12.1. The van der Waals surface area contributed by atoms with Gasteiger partial charge in [-0.2, -0.15) is 5.26 Å². The van der Waals surface area contributed by atoms with E-state index in [1.165, 1.54) is 11.3 Å². The van der Waals surface area contributed by atoms with Crippen LogP contribution in [0.15, 0.2) is 72.8 Å². The number of carbonyl (C=O) groups excluding carboxylic acids is 1. The minimum atomic E-state index is -0.265. The molecule has 4 aromatic rings. The molecule has 1 amide bonds. The molecule has 0 bridgehead atoms.